The molecule has 0 spiro atoms. The summed E-state index contributed by atoms with van der Waals surface area (Å²) in [6.07, 6.45) is 5.37. The first-order chi connectivity index (χ1) is 7.20. The van der Waals surface area contributed by atoms with Crippen LogP contribution in [0.4, 0.5) is 0 Å². The summed E-state index contributed by atoms with van der Waals surface area (Å²) in [6, 6.07) is 2.03. The molecule has 0 aliphatic heterocycles. The van der Waals surface area contributed by atoms with Crippen LogP contribution in [0.3, 0.4) is 0 Å². The van der Waals surface area contributed by atoms with Gasteiger partial charge < -0.3 is 5.11 Å². The molecule has 0 radical (unpaired) electrons. The molecule has 1 saturated carbocycles. The fourth-order valence-corrected chi connectivity index (χ4v) is 1.98. The van der Waals surface area contributed by atoms with Crippen molar-refractivity contribution < 1.29 is 5.11 Å². The molecule has 1 aromatic rings. The number of hydrogen-bond acceptors (Lipinski definition) is 2. The van der Waals surface area contributed by atoms with Crippen molar-refractivity contribution in [2.45, 2.75) is 45.1 Å². The lowest BCUT2D eigenvalue weighted by Gasteiger charge is -2.09. The standard InChI is InChI=1S/C12H20N2O/c1-3-10-8-11(14(2)13-10)12(15)7-6-9-4-5-9/h8-9,12,15H,3-7H2,1-2H3. The van der Waals surface area contributed by atoms with Crippen molar-refractivity contribution >= 4 is 0 Å². The van der Waals surface area contributed by atoms with Gasteiger partial charge in [-0.25, -0.2) is 0 Å². The third-order valence-corrected chi connectivity index (χ3v) is 3.22. The van der Waals surface area contributed by atoms with Crippen molar-refractivity contribution in [1.82, 2.24) is 9.78 Å². The Labute approximate surface area is 91.1 Å². The van der Waals surface area contributed by atoms with Crippen LogP contribution < -0.4 is 0 Å². The van der Waals surface area contributed by atoms with E-state index in [-0.39, 0.29) is 6.10 Å². The molecule has 0 saturated heterocycles. The molecule has 1 aliphatic carbocycles. The molecule has 3 nitrogen and oxygen atoms in total. The summed E-state index contributed by atoms with van der Waals surface area (Å²) in [4.78, 5) is 0. The van der Waals surface area contributed by atoms with Crippen LogP contribution in [0.25, 0.3) is 0 Å². The van der Waals surface area contributed by atoms with Gasteiger partial charge in [-0.05, 0) is 31.2 Å². The zero-order chi connectivity index (χ0) is 10.8. The summed E-state index contributed by atoms with van der Waals surface area (Å²) >= 11 is 0. The van der Waals surface area contributed by atoms with E-state index in [9.17, 15) is 5.11 Å². The monoisotopic (exact) mass is 208 g/mol. The van der Waals surface area contributed by atoms with Gasteiger partial charge in [-0.2, -0.15) is 5.10 Å². The normalized spacial score (nSPS) is 18.1. The maximum Gasteiger partial charge on any atom is 0.0956 e. The number of nitrogens with zero attached hydrogens (tertiary/aromatic N) is 2. The van der Waals surface area contributed by atoms with Gasteiger partial charge in [-0.1, -0.05) is 19.8 Å². The summed E-state index contributed by atoms with van der Waals surface area (Å²) < 4.78 is 1.82. The summed E-state index contributed by atoms with van der Waals surface area (Å²) in [6.45, 7) is 2.09. The fourth-order valence-electron chi connectivity index (χ4n) is 1.98. The number of hydrogen-bond donors (Lipinski definition) is 1. The van der Waals surface area contributed by atoms with E-state index in [0.717, 1.165) is 36.6 Å². The average Bonchev–Trinajstić information content (AvgIpc) is 2.97. The largest absolute Gasteiger partial charge is 0.387 e. The van der Waals surface area contributed by atoms with Crippen LogP contribution in [0.2, 0.25) is 0 Å². The molecule has 1 N–H and O–H groups in total. The highest BCUT2D eigenvalue weighted by Gasteiger charge is 2.23. The highest BCUT2D eigenvalue weighted by atomic mass is 16.3. The van der Waals surface area contributed by atoms with Crippen LogP contribution in [-0.4, -0.2) is 14.9 Å². The predicted octanol–water partition coefficient (Wildman–Crippen LogP) is 2.21. The second-order valence-electron chi connectivity index (χ2n) is 4.57. The first kappa shape index (κ1) is 10.7. The van der Waals surface area contributed by atoms with Crippen molar-refractivity contribution in [1.29, 1.82) is 0 Å². The van der Waals surface area contributed by atoms with E-state index in [1.54, 1.807) is 0 Å². The molecular weight excluding hydrogens is 188 g/mol. The Morgan fingerprint density at radius 3 is 2.87 bits per heavy atom. The van der Waals surface area contributed by atoms with Crippen LogP contribution in [0.5, 0.6) is 0 Å². The van der Waals surface area contributed by atoms with E-state index in [2.05, 4.69) is 12.0 Å². The second-order valence-corrected chi connectivity index (χ2v) is 4.57. The lowest BCUT2D eigenvalue weighted by molar-refractivity contribution is 0.153. The summed E-state index contributed by atoms with van der Waals surface area (Å²) in [5.74, 6) is 0.888. The predicted molar refractivity (Wildman–Crippen MR) is 59.5 cm³/mol. The van der Waals surface area contributed by atoms with Gasteiger partial charge >= 0.3 is 0 Å². The lowest BCUT2D eigenvalue weighted by Crippen LogP contribution is -2.05. The first-order valence-corrected chi connectivity index (χ1v) is 5.91. The summed E-state index contributed by atoms with van der Waals surface area (Å²) in [5, 5.41) is 14.4. The first-order valence-electron chi connectivity index (χ1n) is 5.91. The maximum absolute atomic E-state index is 10.0. The summed E-state index contributed by atoms with van der Waals surface area (Å²) in [5.41, 5.74) is 2.03. The van der Waals surface area contributed by atoms with E-state index >= 15 is 0 Å². The molecule has 2 rings (SSSR count). The molecular formula is C12H20N2O. The minimum absolute atomic E-state index is 0.330. The third kappa shape index (κ3) is 2.59. The Morgan fingerprint density at radius 2 is 2.33 bits per heavy atom. The maximum atomic E-state index is 10.0. The zero-order valence-corrected chi connectivity index (χ0v) is 9.61. The molecule has 1 unspecified atom stereocenters. The van der Waals surface area contributed by atoms with Gasteiger partial charge in [0.15, 0.2) is 0 Å². The summed E-state index contributed by atoms with van der Waals surface area (Å²) in [7, 11) is 1.91. The number of aliphatic hydroxyl groups is 1. The minimum atomic E-state index is -0.330. The van der Waals surface area contributed by atoms with Gasteiger partial charge in [0.05, 0.1) is 17.5 Å². The van der Waals surface area contributed by atoms with Crippen LogP contribution >= 0.6 is 0 Å². The second kappa shape index (κ2) is 4.35. The lowest BCUT2D eigenvalue weighted by atomic mass is 10.1. The number of aromatic nitrogens is 2. The number of aliphatic hydroxyl groups excluding tert-OH is 1. The molecule has 1 aliphatic rings. The SMILES string of the molecule is CCc1cc(C(O)CCC2CC2)n(C)n1. The van der Waals surface area contributed by atoms with Gasteiger partial charge in [0.25, 0.3) is 0 Å². The quantitative estimate of drug-likeness (QED) is 0.805. The van der Waals surface area contributed by atoms with Gasteiger partial charge in [0.1, 0.15) is 0 Å². The Kier molecular flexibility index (Phi) is 3.10. The highest BCUT2D eigenvalue weighted by molar-refractivity contribution is 5.12. The Bertz CT molecular complexity index is 328. The Morgan fingerprint density at radius 1 is 1.60 bits per heavy atom. The molecule has 15 heavy (non-hydrogen) atoms. The molecule has 1 heterocycles. The fraction of sp³-hybridized carbons (Fsp3) is 0.750. The average molecular weight is 208 g/mol. The highest BCUT2D eigenvalue weighted by Crippen LogP contribution is 2.35. The Hall–Kier alpha value is -0.830. The van der Waals surface area contributed by atoms with Crippen LogP contribution in [0.15, 0.2) is 6.07 Å². The van der Waals surface area contributed by atoms with Crippen molar-refractivity contribution in [2.75, 3.05) is 0 Å². The molecule has 0 amide bonds. The minimum Gasteiger partial charge on any atom is -0.387 e. The van der Waals surface area contributed by atoms with E-state index in [4.69, 9.17) is 0 Å². The molecule has 1 aromatic heterocycles. The third-order valence-electron chi connectivity index (χ3n) is 3.22. The molecule has 3 heteroatoms. The number of aryl methyl sites for hydroxylation is 2. The van der Waals surface area contributed by atoms with Gasteiger partial charge in [0.2, 0.25) is 0 Å². The van der Waals surface area contributed by atoms with Crippen molar-refractivity contribution in [3.63, 3.8) is 0 Å². The van der Waals surface area contributed by atoms with E-state index in [0.29, 0.717) is 0 Å². The van der Waals surface area contributed by atoms with E-state index in [1.165, 1.54) is 12.8 Å². The molecule has 84 valence electrons. The van der Waals surface area contributed by atoms with Crippen molar-refractivity contribution in [3.05, 3.63) is 17.5 Å². The molecule has 0 bridgehead atoms. The van der Waals surface area contributed by atoms with Crippen LogP contribution in [0.1, 0.15) is 50.1 Å². The molecule has 1 atom stereocenters. The van der Waals surface area contributed by atoms with Gasteiger partial charge in [-0.15, -0.1) is 0 Å². The van der Waals surface area contributed by atoms with E-state index in [1.807, 2.05) is 17.8 Å². The molecule has 1 fully saturated rings. The Balaban J connectivity index is 1.96. The van der Waals surface area contributed by atoms with Gasteiger partial charge in [0, 0.05) is 7.05 Å². The smallest absolute Gasteiger partial charge is 0.0956 e. The topological polar surface area (TPSA) is 38.0 Å². The van der Waals surface area contributed by atoms with Crippen molar-refractivity contribution in [3.8, 4) is 0 Å². The van der Waals surface area contributed by atoms with E-state index < -0.39 is 0 Å². The molecule has 0 aromatic carbocycles. The van der Waals surface area contributed by atoms with Crippen LogP contribution in [-0.2, 0) is 13.5 Å². The number of rotatable bonds is 5. The zero-order valence-electron chi connectivity index (χ0n) is 9.61. The van der Waals surface area contributed by atoms with Crippen LogP contribution in [0, 0.1) is 5.92 Å². The van der Waals surface area contributed by atoms with Crippen molar-refractivity contribution in [2.24, 2.45) is 13.0 Å². The van der Waals surface area contributed by atoms with Gasteiger partial charge in [-0.3, -0.25) is 4.68 Å².